The Balaban J connectivity index is 2.12. The Kier molecular flexibility index (Phi) is 4.37. The van der Waals surface area contributed by atoms with Crippen molar-refractivity contribution >= 4 is 15.8 Å². The van der Waals surface area contributed by atoms with E-state index >= 15 is 0 Å². The number of rotatable bonds is 4. The van der Waals surface area contributed by atoms with Crippen molar-refractivity contribution in [2.45, 2.75) is 5.75 Å². The summed E-state index contributed by atoms with van der Waals surface area (Å²) in [6.45, 7) is 0. The van der Waals surface area contributed by atoms with E-state index in [1.54, 1.807) is 6.07 Å². The van der Waals surface area contributed by atoms with Gasteiger partial charge in [0.1, 0.15) is 0 Å². The Morgan fingerprint density at radius 1 is 1.10 bits per heavy atom. The van der Waals surface area contributed by atoms with Crippen LogP contribution in [-0.2, 0) is 15.6 Å². The molecule has 0 N–H and O–H groups in total. The summed E-state index contributed by atoms with van der Waals surface area (Å²) >= 11 is 0. The maximum Gasteiger partial charge on any atom is 0.343 e. The van der Waals surface area contributed by atoms with Crippen LogP contribution in [0.1, 0.15) is 15.9 Å². The zero-order valence-electron chi connectivity index (χ0n) is 11.2. The van der Waals surface area contributed by atoms with E-state index < -0.39 is 21.6 Å². The van der Waals surface area contributed by atoms with E-state index in [-0.39, 0.29) is 17.1 Å². The monoisotopic (exact) mass is 308 g/mol. The molecule has 0 aliphatic carbocycles. The number of ether oxygens (including phenoxy) is 1. The van der Waals surface area contributed by atoms with E-state index in [4.69, 9.17) is 4.74 Å². The van der Waals surface area contributed by atoms with Gasteiger partial charge >= 0.3 is 5.97 Å². The van der Waals surface area contributed by atoms with Gasteiger partial charge in [0.2, 0.25) is 0 Å². The van der Waals surface area contributed by atoms with Gasteiger partial charge in [-0.2, -0.15) is 0 Å². The van der Waals surface area contributed by atoms with Crippen LogP contribution >= 0.6 is 0 Å². The van der Waals surface area contributed by atoms with Crippen molar-refractivity contribution in [1.29, 1.82) is 0 Å². The second-order valence-electron chi connectivity index (χ2n) is 4.59. The smallest absolute Gasteiger partial charge is 0.343 e. The van der Waals surface area contributed by atoms with Gasteiger partial charge in [0.15, 0.2) is 21.4 Å². The molecule has 0 bridgehead atoms. The van der Waals surface area contributed by atoms with Gasteiger partial charge in [0.05, 0.1) is 11.3 Å². The molecule has 0 aromatic heterocycles. The third-order valence-electron chi connectivity index (χ3n) is 2.66. The van der Waals surface area contributed by atoms with Crippen LogP contribution in [0, 0.1) is 5.82 Å². The SMILES string of the molecule is CS(=O)(=O)Cc1ccc(C(=O)Oc2ccccc2F)cc1. The number of hydrogen-bond acceptors (Lipinski definition) is 4. The standard InChI is InChI=1S/C15H13FO4S/c1-21(18,19)10-11-6-8-12(9-7-11)15(17)20-14-5-3-2-4-13(14)16/h2-9H,10H2,1H3. The molecule has 2 rings (SSSR count). The molecule has 0 aliphatic rings. The maximum atomic E-state index is 13.4. The van der Waals surface area contributed by atoms with Crippen LogP contribution in [0.5, 0.6) is 5.75 Å². The van der Waals surface area contributed by atoms with Crippen LogP contribution in [0.3, 0.4) is 0 Å². The average Bonchev–Trinajstić information content (AvgIpc) is 2.40. The largest absolute Gasteiger partial charge is 0.420 e. The normalized spacial score (nSPS) is 11.1. The first kappa shape index (κ1) is 15.2. The third kappa shape index (κ3) is 4.39. The average molecular weight is 308 g/mol. The van der Waals surface area contributed by atoms with Crippen LogP contribution < -0.4 is 4.74 Å². The van der Waals surface area contributed by atoms with E-state index in [0.29, 0.717) is 5.56 Å². The number of sulfone groups is 1. The number of para-hydroxylation sites is 1. The molecule has 0 amide bonds. The van der Waals surface area contributed by atoms with E-state index in [2.05, 4.69) is 0 Å². The van der Waals surface area contributed by atoms with Crippen molar-refractivity contribution in [3.8, 4) is 5.75 Å². The Morgan fingerprint density at radius 2 is 1.71 bits per heavy atom. The lowest BCUT2D eigenvalue weighted by atomic mass is 10.1. The second kappa shape index (κ2) is 6.05. The summed E-state index contributed by atoms with van der Waals surface area (Å²) < 4.78 is 40.6. The molecular formula is C15H13FO4S. The molecule has 0 aliphatic heterocycles. The first-order chi connectivity index (χ1) is 9.85. The van der Waals surface area contributed by atoms with Gasteiger partial charge < -0.3 is 4.74 Å². The molecule has 0 fully saturated rings. The number of hydrogen-bond donors (Lipinski definition) is 0. The number of esters is 1. The zero-order chi connectivity index (χ0) is 15.5. The van der Waals surface area contributed by atoms with Crippen LogP contribution in [0.2, 0.25) is 0 Å². The van der Waals surface area contributed by atoms with Gasteiger partial charge in [-0.1, -0.05) is 24.3 Å². The van der Waals surface area contributed by atoms with Crippen LogP contribution in [0.15, 0.2) is 48.5 Å². The zero-order valence-corrected chi connectivity index (χ0v) is 12.1. The Morgan fingerprint density at radius 3 is 2.29 bits per heavy atom. The molecule has 21 heavy (non-hydrogen) atoms. The summed E-state index contributed by atoms with van der Waals surface area (Å²) in [5.74, 6) is -1.58. The lowest BCUT2D eigenvalue weighted by Gasteiger charge is -2.06. The summed E-state index contributed by atoms with van der Waals surface area (Å²) in [4.78, 5) is 11.9. The highest BCUT2D eigenvalue weighted by Crippen LogP contribution is 2.17. The fourth-order valence-electron chi connectivity index (χ4n) is 1.73. The summed E-state index contributed by atoms with van der Waals surface area (Å²) in [7, 11) is -3.13. The molecule has 2 aromatic rings. The second-order valence-corrected chi connectivity index (χ2v) is 6.73. The molecule has 0 saturated carbocycles. The summed E-state index contributed by atoms with van der Waals surface area (Å²) in [6, 6.07) is 11.5. The molecule has 110 valence electrons. The molecular weight excluding hydrogens is 295 g/mol. The summed E-state index contributed by atoms with van der Waals surface area (Å²) in [5.41, 5.74) is 0.787. The highest BCUT2D eigenvalue weighted by molar-refractivity contribution is 7.89. The molecule has 4 nitrogen and oxygen atoms in total. The molecule has 0 atom stereocenters. The first-order valence-corrected chi connectivity index (χ1v) is 8.14. The fraction of sp³-hybridized carbons (Fsp3) is 0.133. The van der Waals surface area contributed by atoms with Crippen molar-refractivity contribution in [2.75, 3.05) is 6.26 Å². The predicted molar refractivity (Wildman–Crippen MR) is 76.3 cm³/mol. The van der Waals surface area contributed by atoms with E-state index in [0.717, 1.165) is 6.26 Å². The van der Waals surface area contributed by atoms with Gasteiger partial charge in [-0.05, 0) is 29.8 Å². The van der Waals surface area contributed by atoms with Crippen molar-refractivity contribution in [2.24, 2.45) is 0 Å². The quantitative estimate of drug-likeness (QED) is 0.643. The van der Waals surface area contributed by atoms with Gasteiger partial charge in [0, 0.05) is 6.26 Å². The number of carbonyl (C=O) groups is 1. The van der Waals surface area contributed by atoms with Crippen LogP contribution in [-0.4, -0.2) is 20.6 Å². The number of halogens is 1. The Bertz CT molecular complexity index is 751. The van der Waals surface area contributed by atoms with Gasteiger partial charge in [-0.25, -0.2) is 17.6 Å². The Labute approximate surface area is 122 Å². The molecule has 0 unspecified atom stereocenters. The van der Waals surface area contributed by atoms with E-state index in [9.17, 15) is 17.6 Å². The third-order valence-corrected chi connectivity index (χ3v) is 3.52. The lowest BCUT2D eigenvalue weighted by Crippen LogP contribution is -2.09. The van der Waals surface area contributed by atoms with Crippen LogP contribution in [0.25, 0.3) is 0 Å². The predicted octanol–water partition coefficient (Wildman–Crippen LogP) is 2.59. The molecule has 0 spiro atoms. The topological polar surface area (TPSA) is 60.4 Å². The molecule has 2 aromatic carbocycles. The van der Waals surface area contributed by atoms with Gasteiger partial charge in [-0.3, -0.25) is 0 Å². The lowest BCUT2D eigenvalue weighted by molar-refractivity contribution is 0.0728. The summed E-state index contributed by atoms with van der Waals surface area (Å²) in [6.07, 6.45) is 1.13. The molecule has 0 saturated heterocycles. The van der Waals surface area contributed by atoms with Gasteiger partial charge in [-0.15, -0.1) is 0 Å². The highest BCUT2D eigenvalue weighted by Gasteiger charge is 2.12. The minimum absolute atomic E-state index is 0.102. The maximum absolute atomic E-state index is 13.4. The van der Waals surface area contributed by atoms with Crippen molar-refractivity contribution in [3.05, 3.63) is 65.5 Å². The van der Waals surface area contributed by atoms with E-state index in [1.807, 2.05) is 0 Å². The van der Waals surface area contributed by atoms with Crippen molar-refractivity contribution in [1.82, 2.24) is 0 Å². The Hall–Kier alpha value is -2.21. The summed E-state index contributed by atoms with van der Waals surface area (Å²) in [5, 5.41) is 0. The first-order valence-electron chi connectivity index (χ1n) is 6.08. The minimum Gasteiger partial charge on any atom is -0.420 e. The van der Waals surface area contributed by atoms with Crippen molar-refractivity contribution in [3.63, 3.8) is 0 Å². The molecule has 6 heteroatoms. The highest BCUT2D eigenvalue weighted by atomic mass is 32.2. The van der Waals surface area contributed by atoms with Gasteiger partial charge in [0.25, 0.3) is 0 Å². The number of carbonyl (C=O) groups excluding carboxylic acids is 1. The molecule has 0 radical (unpaired) electrons. The van der Waals surface area contributed by atoms with E-state index in [1.165, 1.54) is 42.5 Å². The minimum atomic E-state index is -3.13. The molecule has 0 heterocycles. The number of benzene rings is 2. The van der Waals surface area contributed by atoms with Crippen LogP contribution in [0.4, 0.5) is 4.39 Å². The van der Waals surface area contributed by atoms with Crippen molar-refractivity contribution < 1.29 is 22.3 Å². The fourth-order valence-corrected chi connectivity index (χ4v) is 2.52.